The Hall–Kier alpha value is -1.89. The fourth-order valence-electron chi connectivity index (χ4n) is 4.88. The van der Waals surface area contributed by atoms with E-state index in [9.17, 15) is 9.59 Å². The molecule has 7 nitrogen and oxygen atoms in total. The SMILES string of the molecule is CN(CCc1cn[nH]c1)C(=O)[C@H]1[C@@H]2CNC[C@@H](C2)[C@@H]2CCCC(=O)N21. The lowest BCUT2D eigenvalue weighted by Gasteiger charge is -2.54. The highest BCUT2D eigenvalue weighted by molar-refractivity contribution is 5.89. The third kappa shape index (κ3) is 3.05. The van der Waals surface area contributed by atoms with Crippen molar-refractivity contribution in [2.75, 3.05) is 26.7 Å². The average molecular weight is 345 g/mol. The van der Waals surface area contributed by atoms with Crippen molar-refractivity contribution >= 4 is 11.8 Å². The van der Waals surface area contributed by atoms with Crippen LogP contribution >= 0.6 is 0 Å². The maximum absolute atomic E-state index is 13.2. The Bertz CT molecular complexity index is 631. The number of H-pyrrole nitrogens is 1. The molecule has 3 saturated heterocycles. The molecule has 0 aromatic carbocycles. The first kappa shape index (κ1) is 16.6. The second-order valence-corrected chi connectivity index (χ2v) is 7.74. The number of aromatic amines is 1. The summed E-state index contributed by atoms with van der Waals surface area (Å²) in [4.78, 5) is 29.7. The zero-order valence-corrected chi connectivity index (χ0v) is 14.8. The maximum Gasteiger partial charge on any atom is 0.245 e. The second-order valence-electron chi connectivity index (χ2n) is 7.74. The number of rotatable bonds is 4. The van der Waals surface area contributed by atoms with Gasteiger partial charge in [0.15, 0.2) is 0 Å². The smallest absolute Gasteiger partial charge is 0.245 e. The Kier molecular flexibility index (Phi) is 4.50. The van der Waals surface area contributed by atoms with E-state index in [1.54, 1.807) is 11.1 Å². The summed E-state index contributed by atoms with van der Waals surface area (Å²) in [5.41, 5.74) is 1.09. The molecule has 2 bridgehead atoms. The van der Waals surface area contributed by atoms with Gasteiger partial charge in [0.2, 0.25) is 11.8 Å². The van der Waals surface area contributed by atoms with Crippen LogP contribution in [0.1, 0.15) is 31.2 Å². The number of likely N-dealkylation sites (N-methyl/N-ethyl adjacent to an activating group) is 1. The molecule has 2 N–H and O–H groups in total. The monoisotopic (exact) mass is 345 g/mol. The van der Waals surface area contributed by atoms with Crippen molar-refractivity contribution < 1.29 is 9.59 Å². The van der Waals surface area contributed by atoms with E-state index in [1.807, 2.05) is 18.1 Å². The normalized spacial score (nSPS) is 31.6. The zero-order chi connectivity index (χ0) is 17.4. The minimum Gasteiger partial charge on any atom is -0.344 e. The van der Waals surface area contributed by atoms with Gasteiger partial charge in [0.05, 0.1) is 6.20 Å². The topological polar surface area (TPSA) is 81.3 Å². The number of nitrogens with one attached hydrogen (secondary N) is 2. The van der Waals surface area contributed by atoms with E-state index in [4.69, 9.17) is 0 Å². The van der Waals surface area contributed by atoms with Crippen LogP contribution in [0, 0.1) is 11.8 Å². The summed E-state index contributed by atoms with van der Waals surface area (Å²) in [5.74, 6) is 1.01. The van der Waals surface area contributed by atoms with Gasteiger partial charge in [-0.2, -0.15) is 5.10 Å². The van der Waals surface area contributed by atoms with Crippen LogP contribution in [0.4, 0.5) is 0 Å². The molecule has 4 rings (SSSR count). The van der Waals surface area contributed by atoms with Crippen LogP contribution in [-0.2, 0) is 16.0 Å². The quantitative estimate of drug-likeness (QED) is 0.828. The van der Waals surface area contributed by atoms with Gasteiger partial charge >= 0.3 is 0 Å². The molecule has 25 heavy (non-hydrogen) atoms. The van der Waals surface area contributed by atoms with Crippen molar-refractivity contribution in [3.05, 3.63) is 18.0 Å². The largest absolute Gasteiger partial charge is 0.344 e. The fourth-order valence-corrected chi connectivity index (χ4v) is 4.88. The summed E-state index contributed by atoms with van der Waals surface area (Å²) in [5, 5.41) is 10.2. The van der Waals surface area contributed by atoms with E-state index in [-0.39, 0.29) is 29.8 Å². The molecule has 2 amide bonds. The second kappa shape index (κ2) is 6.78. The predicted molar refractivity (Wildman–Crippen MR) is 92.7 cm³/mol. The van der Waals surface area contributed by atoms with Crippen LogP contribution in [0.3, 0.4) is 0 Å². The van der Waals surface area contributed by atoms with Crippen molar-refractivity contribution in [2.45, 2.75) is 44.2 Å². The molecule has 1 aromatic rings. The van der Waals surface area contributed by atoms with Gasteiger partial charge in [-0.25, -0.2) is 0 Å². The number of fused-ring (bicyclic) bond motifs is 4. The van der Waals surface area contributed by atoms with E-state index in [0.29, 0.717) is 18.9 Å². The van der Waals surface area contributed by atoms with Crippen LogP contribution < -0.4 is 5.32 Å². The highest BCUT2D eigenvalue weighted by atomic mass is 16.2. The number of nitrogens with zero attached hydrogens (tertiary/aromatic N) is 3. The molecule has 4 atom stereocenters. The number of carbonyl (C=O) groups is 2. The summed E-state index contributed by atoms with van der Waals surface area (Å²) < 4.78 is 0. The molecule has 4 heterocycles. The Morgan fingerprint density at radius 3 is 3.04 bits per heavy atom. The molecule has 0 saturated carbocycles. The van der Waals surface area contributed by atoms with Gasteiger partial charge in [0.1, 0.15) is 6.04 Å². The van der Waals surface area contributed by atoms with E-state index >= 15 is 0 Å². The van der Waals surface area contributed by atoms with Crippen LogP contribution in [0.2, 0.25) is 0 Å². The Balaban J connectivity index is 1.51. The highest BCUT2D eigenvalue weighted by Crippen LogP contribution is 2.40. The highest BCUT2D eigenvalue weighted by Gasteiger charge is 2.50. The number of piperidine rings is 3. The first-order valence-corrected chi connectivity index (χ1v) is 9.39. The first-order valence-electron chi connectivity index (χ1n) is 9.39. The first-order chi connectivity index (χ1) is 12.1. The number of aromatic nitrogens is 2. The Labute approximate surface area is 148 Å². The summed E-state index contributed by atoms with van der Waals surface area (Å²) in [6.07, 6.45) is 8.07. The minimum absolute atomic E-state index is 0.0934. The molecular weight excluding hydrogens is 318 g/mol. The van der Waals surface area contributed by atoms with Crippen LogP contribution in [0.25, 0.3) is 0 Å². The van der Waals surface area contributed by atoms with Crippen molar-refractivity contribution in [1.82, 2.24) is 25.3 Å². The molecule has 136 valence electrons. The van der Waals surface area contributed by atoms with Crippen molar-refractivity contribution in [3.63, 3.8) is 0 Å². The van der Waals surface area contributed by atoms with Crippen LogP contribution in [-0.4, -0.2) is 70.6 Å². The number of carbonyl (C=O) groups excluding carboxylic acids is 2. The molecule has 3 aliphatic rings. The lowest BCUT2D eigenvalue weighted by Crippen LogP contribution is -2.68. The summed E-state index contributed by atoms with van der Waals surface area (Å²) in [7, 11) is 1.86. The van der Waals surface area contributed by atoms with E-state index in [0.717, 1.165) is 44.3 Å². The Morgan fingerprint density at radius 2 is 2.24 bits per heavy atom. The third-order valence-electron chi connectivity index (χ3n) is 6.16. The van der Waals surface area contributed by atoms with Crippen molar-refractivity contribution in [3.8, 4) is 0 Å². The molecule has 0 spiro atoms. The van der Waals surface area contributed by atoms with Crippen LogP contribution in [0.5, 0.6) is 0 Å². The van der Waals surface area contributed by atoms with Gasteiger partial charge in [-0.05, 0) is 43.7 Å². The molecule has 3 fully saturated rings. The zero-order valence-electron chi connectivity index (χ0n) is 14.8. The van der Waals surface area contributed by atoms with E-state index in [2.05, 4.69) is 15.5 Å². The summed E-state index contributed by atoms with van der Waals surface area (Å²) >= 11 is 0. The molecule has 0 aliphatic carbocycles. The predicted octanol–water partition coefficient (Wildman–Crippen LogP) is 0.400. The Morgan fingerprint density at radius 1 is 1.40 bits per heavy atom. The van der Waals surface area contributed by atoms with Gasteiger partial charge in [-0.1, -0.05) is 0 Å². The van der Waals surface area contributed by atoms with Gasteiger partial charge in [-0.15, -0.1) is 0 Å². The molecule has 0 radical (unpaired) electrons. The van der Waals surface area contributed by atoms with Gasteiger partial charge in [0.25, 0.3) is 0 Å². The summed E-state index contributed by atoms with van der Waals surface area (Å²) in [6.45, 7) is 2.45. The van der Waals surface area contributed by atoms with E-state index in [1.165, 1.54) is 0 Å². The van der Waals surface area contributed by atoms with Gasteiger partial charge < -0.3 is 15.1 Å². The van der Waals surface area contributed by atoms with Gasteiger partial charge in [0, 0.05) is 44.7 Å². The standard InChI is InChI=1S/C18H27N5O2/c1-22(6-5-12-8-20-21-9-12)18(25)17-14-7-13(10-19-11-14)15-3-2-4-16(24)23(15)17/h8-9,13-15,17,19H,2-7,10-11H2,1H3,(H,20,21)/t13-,14+,15+,17-/m1/s1. The molecule has 0 unspecified atom stereocenters. The molecular formula is C18H27N5O2. The minimum atomic E-state index is -0.295. The molecule has 1 aromatic heterocycles. The molecule has 7 heteroatoms. The number of amides is 2. The average Bonchev–Trinajstić information content (AvgIpc) is 3.14. The third-order valence-corrected chi connectivity index (χ3v) is 6.16. The van der Waals surface area contributed by atoms with Crippen molar-refractivity contribution in [2.24, 2.45) is 11.8 Å². The van der Waals surface area contributed by atoms with Crippen LogP contribution in [0.15, 0.2) is 12.4 Å². The van der Waals surface area contributed by atoms with Crippen molar-refractivity contribution in [1.29, 1.82) is 0 Å². The summed E-state index contributed by atoms with van der Waals surface area (Å²) in [6, 6.07) is -0.0577. The number of hydrogen-bond donors (Lipinski definition) is 2. The number of hydrogen-bond acceptors (Lipinski definition) is 4. The molecule has 3 aliphatic heterocycles. The maximum atomic E-state index is 13.2. The van der Waals surface area contributed by atoms with E-state index < -0.39 is 0 Å². The fraction of sp³-hybridized carbons (Fsp3) is 0.722. The lowest BCUT2D eigenvalue weighted by molar-refractivity contribution is -0.161. The van der Waals surface area contributed by atoms with Gasteiger partial charge in [-0.3, -0.25) is 14.7 Å². The lowest BCUT2D eigenvalue weighted by atomic mass is 9.72.